The van der Waals surface area contributed by atoms with Crippen molar-refractivity contribution in [3.63, 3.8) is 0 Å². The van der Waals surface area contributed by atoms with Crippen LogP contribution in [0.2, 0.25) is 0 Å². The van der Waals surface area contributed by atoms with Gasteiger partial charge < -0.3 is 20.5 Å². The normalized spacial score (nSPS) is 10.4. The van der Waals surface area contributed by atoms with Gasteiger partial charge in [0.15, 0.2) is 24.8 Å². The van der Waals surface area contributed by atoms with E-state index in [9.17, 15) is 9.59 Å². The molecule has 0 radical (unpaired) electrons. The lowest BCUT2D eigenvalue weighted by Crippen LogP contribution is -2.16. The van der Waals surface area contributed by atoms with Gasteiger partial charge in [0.05, 0.1) is 0 Å². The zero-order valence-electron chi connectivity index (χ0n) is 17.3. The van der Waals surface area contributed by atoms with Gasteiger partial charge in [0.1, 0.15) is 5.75 Å². The topological polar surface area (TPSA) is 129 Å². The van der Waals surface area contributed by atoms with Gasteiger partial charge in [-0.15, -0.1) is 0 Å². The predicted octanol–water partition coefficient (Wildman–Crippen LogP) is 3.22. The highest BCUT2D eigenvalue weighted by atomic mass is 16.6. The monoisotopic (exact) mass is 421 g/mol. The molecule has 0 aliphatic heterocycles. The van der Waals surface area contributed by atoms with Crippen molar-refractivity contribution in [3.8, 4) is 5.75 Å². The molecule has 0 atom stereocenters. The van der Waals surface area contributed by atoms with E-state index in [1.165, 1.54) is 0 Å². The fourth-order valence-electron chi connectivity index (χ4n) is 2.59. The summed E-state index contributed by atoms with van der Waals surface area (Å²) in [5.41, 5.74) is 8.24. The van der Waals surface area contributed by atoms with Crippen molar-refractivity contribution in [1.29, 1.82) is 0 Å². The summed E-state index contributed by atoms with van der Waals surface area (Å²) >= 11 is 0. The van der Waals surface area contributed by atoms with Crippen LogP contribution in [-0.2, 0) is 16.1 Å². The minimum Gasteiger partial charge on any atom is -0.482 e. The number of aryl methyl sites for hydroxylation is 1. The molecule has 160 valence electrons. The summed E-state index contributed by atoms with van der Waals surface area (Å²) in [4.78, 5) is 35.8. The van der Waals surface area contributed by atoms with Crippen molar-refractivity contribution in [2.45, 2.75) is 26.9 Å². The Balaban J connectivity index is 1.52. The number of ketones is 1. The number of rotatable bonds is 9. The summed E-state index contributed by atoms with van der Waals surface area (Å²) in [6.45, 7) is 3.31. The standard InChI is InChI=1S/C22H23N5O4/c1-3-18(28)15-6-10-17(11-7-15)30-13-20(29)31-12-19-25-21(23)27-22(26-19)24-16-8-4-14(2)5-9-16/h4-11H,3,12-13H2,1-2H3,(H3,23,24,25,26,27). The minimum absolute atomic E-state index is 0.00799. The number of nitrogens with zero attached hydrogens (tertiary/aromatic N) is 3. The summed E-state index contributed by atoms with van der Waals surface area (Å²) in [6.07, 6.45) is 0.427. The predicted molar refractivity (Wildman–Crippen MR) is 115 cm³/mol. The van der Waals surface area contributed by atoms with Crippen LogP contribution in [0.15, 0.2) is 48.5 Å². The Morgan fingerprint density at radius 1 is 1.00 bits per heavy atom. The first kappa shape index (κ1) is 21.7. The second kappa shape index (κ2) is 10.1. The maximum absolute atomic E-state index is 12.0. The molecule has 1 aromatic heterocycles. The number of hydrogen-bond acceptors (Lipinski definition) is 9. The molecule has 2 aromatic carbocycles. The molecule has 0 amide bonds. The molecule has 3 rings (SSSR count). The van der Waals surface area contributed by atoms with Crippen molar-refractivity contribution in [3.05, 3.63) is 65.5 Å². The molecule has 0 aliphatic rings. The summed E-state index contributed by atoms with van der Waals surface area (Å²) in [5.74, 6) is 0.366. The van der Waals surface area contributed by atoms with Gasteiger partial charge in [0, 0.05) is 17.7 Å². The van der Waals surface area contributed by atoms with Crippen LogP contribution in [0, 0.1) is 6.92 Å². The Bertz CT molecular complexity index is 1050. The van der Waals surface area contributed by atoms with Crippen molar-refractivity contribution < 1.29 is 19.1 Å². The minimum atomic E-state index is -0.597. The molecule has 0 spiro atoms. The number of carbonyl (C=O) groups is 2. The van der Waals surface area contributed by atoms with Gasteiger partial charge in [-0.25, -0.2) is 4.79 Å². The zero-order valence-corrected chi connectivity index (χ0v) is 17.3. The van der Waals surface area contributed by atoms with Gasteiger partial charge in [0.2, 0.25) is 11.9 Å². The van der Waals surface area contributed by atoms with E-state index in [2.05, 4.69) is 20.3 Å². The van der Waals surface area contributed by atoms with E-state index in [1.54, 1.807) is 31.2 Å². The van der Waals surface area contributed by atoms with Crippen LogP contribution in [0.4, 0.5) is 17.6 Å². The summed E-state index contributed by atoms with van der Waals surface area (Å²) in [7, 11) is 0. The Kier molecular flexibility index (Phi) is 7.10. The Labute approximate surface area is 179 Å². The van der Waals surface area contributed by atoms with Gasteiger partial charge in [-0.2, -0.15) is 15.0 Å². The number of anilines is 3. The molecular formula is C22H23N5O4. The summed E-state index contributed by atoms with van der Waals surface area (Å²) in [5, 5.41) is 3.03. The quantitative estimate of drug-likeness (QED) is 0.395. The molecule has 0 saturated carbocycles. The van der Waals surface area contributed by atoms with Gasteiger partial charge in [-0.1, -0.05) is 24.6 Å². The number of nitrogen functional groups attached to an aromatic ring is 1. The van der Waals surface area contributed by atoms with Crippen LogP contribution in [0.25, 0.3) is 0 Å². The third-order valence-corrected chi connectivity index (χ3v) is 4.22. The highest BCUT2D eigenvalue weighted by Crippen LogP contribution is 2.15. The van der Waals surface area contributed by atoms with E-state index >= 15 is 0 Å². The summed E-state index contributed by atoms with van der Waals surface area (Å²) in [6, 6.07) is 14.2. The summed E-state index contributed by atoms with van der Waals surface area (Å²) < 4.78 is 10.5. The van der Waals surface area contributed by atoms with E-state index in [0.29, 0.717) is 17.7 Å². The number of ether oxygens (including phenoxy) is 2. The smallest absolute Gasteiger partial charge is 0.344 e. The van der Waals surface area contributed by atoms with E-state index in [1.807, 2.05) is 31.2 Å². The maximum atomic E-state index is 12.0. The first-order valence-corrected chi connectivity index (χ1v) is 9.68. The Hall–Kier alpha value is -4.01. The molecular weight excluding hydrogens is 398 g/mol. The molecule has 0 saturated heterocycles. The number of nitrogens with one attached hydrogen (secondary N) is 1. The van der Waals surface area contributed by atoms with Crippen LogP contribution in [0.3, 0.4) is 0 Å². The van der Waals surface area contributed by atoms with Crippen molar-refractivity contribution in [2.75, 3.05) is 17.7 Å². The molecule has 1 heterocycles. The van der Waals surface area contributed by atoms with E-state index in [0.717, 1.165) is 11.3 Å². The molecule has 0 fully saturated rings. The Morgan fingerprint density at radius 2 is 1.71 bits per heavy atom. The molecule has 9 heteroatoms. The molecule has 3 aromatic rings. The largest absolute Gasteiger partial charge is 0.482 e. The Morgan fingerprint density at radius 3 is 2.39 bits per heavy atom. The zero-order chi connectivity index (χ0) is 22.2. The number of carbonyl (C=O) groups excluding carboxylic acids is 2. The van der Waals surface area contributed by atoms with Crippen molar-refractivity contribution >= 4 is 29.3 Å². The second-order valence-electron chi connectivity index (χ2n) is 6.67. The number of aromatic nitrogens is 3. The molecule has 31 heavy (non-hydrogen) atoms. The fourth-order valence-corrected chi connectivity index (χ4v) is 2.59. The van der Waals surface area contributed by atoms with Crippen LogP contribution < -0.4 is 15.8 Å². The van der Waals surface area contributed by atoms with Crippen molar-refractivity contribution in [2.24, 2.45) is 0 Å². The van der Waals surface area contributed by atoms with Gasteiger partial charge >= 0.3 is 5.97 Å². The second-order valence-corrected chi connectivity index (χ2v) is 6.67. The molecule has 3 N–H and O–H groups in total. The molecule has 0 bridgehead atoms. The van der Waals surface area contributed by atoms with Crippen LogP contribution in [0.5, 0.6) is 5.75 Å². The van der Waals surface area contributed by atoms with E-state index in [-0.39, 0.29) is 36.7 Å². The third-order valence-electron chi connectivity index (χ3n) is 4.22. The lowest BCUT2D eigenvalue weighted by atomic mass is 10.1. The highest BCUT2D eigenvalue weighted by Gasteiger charge is 2.10. The lowest BCUT2D eigenvalue weighted by Gasteiger charge is -2.09. The first-order valence-electron chi connectivity index (χ1n) is 9.68. The average Bonchev–Trinajstić information content (AvgIpc) is 2.77. The van der Waals surface area contributed by atoms with Gasteiger partial charge in [0.25, 0.3) is 0 Å². The van der Waals surface area contributed by atoms with Gasteiger partial charge in [-0.05, 0) is 43.3 Å². The SMILES string of the molecule is CCC(=O)c1ccc(OCC(=O)OCc2nc(N)nc(Nc3ccc(C)cc3)n2)cc1. The fraction of sp³-hybridized carbons (Fsp3) is 0.227. The number of benzene rings is 2. The maximum Gasteiger partial charge on any atom is 0.344 e. The lowest BCUT2D eigenvalue weighted by molar-refractivity contribution is -0.147. The number of hydrogen-bond donors (Lipinski definition) is 2. The number of esters is 1. The third kappa shape index (κ3) is 6.49. The van der Waals surface area contributed by atoms with Crippen LogP contribution >= 0.6 is 0 Å². The van der Waals surface area contributed by atoms with Gasteiger partial charge in [-0.3, -0.25) is 4.79 Å². The average molecular weight is 421 g/mol. The van der Waals surface area contributed by atoms with E-state index < -0.39 is 5.97 Å². The molecule has 0 unspecified atom stereocenters. The number of Topliss-reactive ketones (excluding diaryl/α,β-unsaturated/α-hetero) is 1. The molecule has 0 aliphatic carbocycles. The first-order chi connectivity index (χ1) is 14.9. The van der Waals surface area contributed by atoms with E-state index in [4.69, 9.17) is 15.2 Å². The van der Waals surface area contributed by atoms with Crippen molar-refractivity contribution in [1.82, 2.24) is 15.0 Å². The number of nitrogens with two attached hydrogens (primary N) is 1. The molecule has 9 nitrogen and oxygen atoms in total. The van der Waals surface area contributed by atoms with Crippen LogP contribution in [-0.4, -0.2) is 33.3 Å². The van der Waals surface area contributed by atoms with Crippen LogP contribution in [0.1, 0.15) is 35.1 Å². The highest BCUT2D eigenvalue weighted by molar-refractivity contribution is 5.95.